The molecule has 0 saturated heterocycles. The molecule has 1 saturated carbocycles. The largest absolute Gasteiger partial charge is 0.313 e. The van der Waals surface area contributed by atoms with Crippen molar-refractivity contribution in [3.63, 3.8) is 0 Å². The van der Waals surface area contributed by atoms with Crippen molar-refractivity contribution < 1.29 is 0 Å². The average Bonchev–Trinajstić information content (AvgIpc) is 2.85. The van der Waals surface area contributed by atoms with E-state index in [0.717, 1.165) is 18.1 Å². The lowest BCUT2D eigenvalue weighted by atomic mass is 9.76. The van der Waals surface area contributed by atoms with Gasteiger partial charge >= 0.3 is 0 Å². The highest BCUT2D eigenvalue weighted by Gasteiger charge is 2.41. The van der Waals surface area contributed by atoms with Crippen LogP contribution in [-0.2, 0) is 0 Å². The zero-order valence-electron chi connectivity index (χ0n) is 12.5. The molecule has 114 valence electrons. The smallest absolute Gasteiger partial charge is 0.0521 e. The minimum absolute atomic E-state index is 0.208. The molecule has 2 aliphatic rings. The molecule has 1 aliphatic heterocycles. The maximum atomic E-state index is 6.03. The van der Waals surface area contributed by atoms with Gasteiger partial charge < -0.3 is 5.32 Å². The standard InChI is InChI=1S/C17H23ClN2S/c1-2-19-12-15-16(13-6-8-14(18)9-7-13)21-20-17(15)10-4-3-5-11-17/h6-9,19-20H,2-5,10-12H2,1H3. The Balaban J connectivity index is 1.96. The van der Waals surface area contributed by atoms with Gasteiger partial charge in [-0.15, -0.1) is 0 Å². The van der Waals surface area contributed by atoms with Crippen LogP contribution in [0.3, 0.4) is 0 Å². The number of hydrogen-bond donors (Lipinski definition) is 2. The third-order valence-corrected chi connectivity index (χ3v) is 6.00. The second-order valence-corrected chi connectivity index (χ2v) is 7.19. The maximum Gasteiger partial charge on any atom is 0.0521 e. The van der Waals surface area contributed by atoms with Crippen LogP contribution in [0.15, 0.2) is 29.8 Å². The first-order valence-electron chi connectivity index (χ1n) is 7.89. The van der Waals surface area contributed by atoms with Gasteiger partial charge in [0.05, 0.1) is 5.54 Å². The Labute approximate surface area is 136 Å². The van der Waals surface area contributed by atoms with Crippen molar-refractivity contribution in [3.05, 3.63) is 40.4 Å². The van der Waals surface area contributed by atoms with Gasteiger partial charge in [-0.1, -0.05) is 49.9 Å². The maximum absolute atomic E-state index is 6.03. The molecule has 1 aliphatic carbocycles. The first kappa shape index (κ1) is 15.4. The van der Waals surface area contributed by atoms with E-state index in [1.165, 1.54) is 42.6 Å². The van der Waals surface area contributed by atoms with Gasteiger partial charge in [-0.2, -0.15) is 0 Å². The molecule has 0 radical (unpaired) electrons. The van der Waals surface area contributed by atoms with E-state index >= 15 is 0 Å². The highest BCUT2D eigenvalue weighted by atomic mass is 35.5. The highest BCUT2D eigenvalue weighted by Crippen LogP contribution is 2.48. The van der Waals surface area contributed by atoms with E-state index in [1.54, 1.807) is 5.57 Å². The van der Waals surface area contributed by atoms with E-state index in [9.17, 15) is 0 Å². The zero-order valence-corrected chi connectivity index (χ0v) is 14.1. The van der Waals surface area contributed by atoms with Crippen LogP contribution in [0.2, 0.25) is 5.02 Å². The summed E-state index contributed by atoms with van der Waals surface area (Å²) in [5.41, 5.74) is 3.05. The summed E-state index contributed by atoms with van der Waals surface area (Å²) in [5.74, 6) is 0. The first-order chi connectivity index (χ1) is 10.2. The van der Waals surface area contributed by atoms with Crippen molar-refractivity contribution in [1.29, 1.82) is 0 Å². The second-order valence-electron chi connectivity index (χ2n) is 5.94. The predicted octanol–water partition coefficient (Wildman–Crippen LogP) is 4.61. The molecule has 21 heavy (non-hydrogen) atoms. The van der Waals surface area contributed by atoms with Crippen molar-refractivity contribution in [2.45, 2.75) is 44.6 Å². The Morgan fingerprint density at radius 2 is 1.90 bits per heavy atom. The van der Waals surface area contributed by atoms with Crippen molar-refractivity contribution in [2.75, 3.05) is 13.1 Å². The van der Waals surface area contributed by atoms with Gasteiger partial charge in [-0.3, -0.25) is 0 Å². The summed E-state index contributed by atoms with van der Waals surface area (Å²) in [5, 5.41) is 4.34. The SMILES string of the molecule is CCNCC1=C(c2ccc(Cl)cc2)SNC12CCCCC2. The number of nitrogens with one attached hydrogen (secondary N) is 2. The fourth-order valence-corrected chi connectivity index (χ4v) is 4.78. The summed E-state index contributed by atoms with van der Waals surface area (Å²) in [4.78, 5) is 1.40. The Hall–Kier alpha value is -0.480. The molecule has 0 aromatic heterocycles. The van der Waals surface area contributed by atoms with E-state index < -0.39 is 0 Å². The lowest BCUT2D eigenvalue weighted by Gasteiger charge is -2.36. The molecule has 1 aromatic carbocycles. The molecule has 4 heteroatoms. The van der Waals surface area contributed by atoms with Crippen LogP contribution in [-0.4, -0.2) is 18.6 Å². The molecule has 0 unspecified atom stereocenters. The average molecular weight is 323 g/mol. The minimum atomic E-state index is 0.208. The molecule has 1 spiro atoms. The summed E-state index contributed by atoms with van der Waals surface area (Å²) >= 11 is 7.84. The topological polar surface area (TPSA) is 24.1 Å². The van der Waals surface area contributed by atoms with Crippen molar-refractivity contribution >= 4 is 28.5 Å². The number of benzene rings is 1. The van der Waals surface area contributed by atoms with Crippen molar-refractivity contribution in [2.24, 2.45) is 0 Å². The van der Waals surface area contributed by atoms with Gasteiger partial charge in [0.1, 0.15) is 0 Å². The van der Waals surface area contributed by atoms with E-state index in [1.807, 2.05) is 24.1 Å². The van der Waals surface area contributed by atoms with Gasteiger partial charge in [-0.05, 0) is 54.6 Å². The van der Waals surface area contributed by atoms with Crippen LogP contribution in [0, 0.1) is 0 Å². The van der Waals surface area contributed by atoms with Crippen LogP contribution in [0.4, 0.5) is 0 Å². The third kappa shape index (κ3) is 3.16. The van der Waals surface area contributed by atoms with Gasteiger partial charge in [-0.25, -0.2) is 4.72 Å². The van der Waals surface area contributed by atoms with Crippen LogP contribution in [0.25, 0.3) is 4.91 Å². The second kappa shape index (κ2) is 6.74. The van der Waals surface area contributed by atoms with Crippen LogP contribution < -0.4 is 10.0 Å². The van der Waals surface area contributed by atoms with E-state index in [2.05, 4.69) is 29.1 Å². The molecule has 1 aromatic rings. The lowest BCUT2D eigenvalue weighted by molar-refractivity contribution is 0.321. The molecular weight excluding hydrogens is 300 g/mol. The zero-order chi connectivity index (χ0) is 14.7. The molecule has 2 N–H and O–H groups in total. The van der Waals surface area contributed by atoms with Gasteiger partial charge in [0.25, 0.3) is 0 Å². The Kier molecular flexibility index (Phi) is 4.95. The Morgan fingerprint density at radius 1 is 1.19 bits per heavy atom. The molecule has 3 rings (SSSR count). The molecule has 2 nitrogen and oxygen atoms in total. The normalized spacial score (nSPS) is 21.2. The van der Waals surface area contributed by atoms with E-state index in [-0.39, 0.29) is 5.54 Å². The van der Waals surface area contributed by atoms with E-state index in [4.69, 9.17) is 11.6 Å². The van der Waals surface area contributed by atoms with Crippen molar-refractivity contribution in [1.82, 2.24) is 10.0 Å². The fraction of sp³-hybridized carbons (Fsp3) is 0.529. The predicted molar refractivity (Wildman–Crippen MR) is 93.5 cm³/mol. The summed E-state index contributed by atoms with van der Waals surface area (Å²) < 4.78 is 3.76. The highest BCUT2D eigenvalue weighted by molar-refractivity contribution is 8.07. The molecule has 0 atom stereocenters. The summed E-state index contributed by atoms with van der Waals surface area (Å²) in [6.07, 6.45) is 6.56. The third-order valence-electron chi connectivity index (χ3n) is 4.57. The Bertz CT molecular complexity index is 518. The van der Waals surface area contributed by atoms with Gasteiger partial charge in [0, 0.05) is 16.5 Å². The van der Waals surface area contributed by atoms with Crippen LogP contribution >= 0.6 is 23.5 Å². The molecule has 0 amide bonds. The minimum Gasteiger partial charge on any atom is -0.313 e. The molecular formula is C17H23ClN2S. The summed E-state index contributed by atoms with van der Waals surface area (Å²) in [6.45, 7) is 4.16. The van der Waals surface area contributed by atoms with Crippen LogP contribution in [0.5, 0.6) is 0 Å². The number of hydrogen-bond acceptors (Lipinski definition) is 3. The molecule has 1 heterocycles. The fourth-order valence-electron chi connectivity index (χ4n) is 3.38. The quantitative estimate of drug-likeness (QED) is 0.791. The summed E-state index contributed by atoms with van der Waals surface area (Å²) in [6, 6.07) is 8.25. The molecule has 0 bridgehead atoms. The monoisotopic (exact) mass is 322 g/mol. The number of halogens is 1. The van der Waals surface area contributed by atoms with E-state index in [0.29, 0.717) is 0 Å². The van der Waals surface area contributed by atoms with Gasteiger partial charge in [0.15, 0.2) is 0 Å². The van der Waals surface area contributed by atoms with Gasteiger partial charge in [0.2, 0.25) is 0 Å². The Morgan fingerprint density at radius 3 is 2.57 bits per heavy atom. The summed E-state index contributed by atoms with van der Waals surface area (Å²) in [7, 11) is 0. The number of rotatable bonds is 4. The van der Waals surface area contributed by atoms with Crippen LogP contribution in [0.1, 0.15) is 44.6 Å². The molecule has 1 fully saturated rings. The number of likely N-dealkylation sites (N-methyl/N-ethyl adjacent to an activating group) is 1. The lowest BCUT2D eigenvalue weighted by Crippen LogP contribution is -2.44. The first-order valence-corrected chi connectivity index (χ1v) is 9.09. The van der Waals surface area contributed by atoms with Crippen molar-refractivity contribution in [3.8, 4) is 0 Å².